The molecule has 0 aliphatic heterocycles. The molecule has 40 heavy (non-hydrogen) atoms. The van der Waals surface area contributed by atoms with Crippen LogP contribution in [0.2, 0.25) is 0 Å². The van der Waals surface area contributed by atoms with Crippen molar-refractivity contribution in [3.05, 3.63) is 130 Å². The van der Waals surface area contributed by atoms with Crippen LogP contribution in [0.3, 0.4) is 0 Å². The Morgan fingerprint density at radius 2 is 0.950 bits per heavy atom. The van der Waals surface area contributed by atoms with E-state index in [1.807, 2.05) is 62.5 Å². The van der Waals surface area contributed by atoms with Gasteiger partial charge in [0.25, 0.3) is 0 Å². The van der Waals surface area contributed by atoms with Gasteiger partial charge in [0, 0.05) is 8.22 Å². The molecule has 0 aromatic rings. The molecule has 2 aliphatic carbocycles. The van der Waals surface area contributed by atoms with E-state index >= 15 is 0 Å². The van der Waals surface area contributed by atoms with Crippen molar-refractivity contribution >= 4 is 0 Å². The maximum Gasteiger partial charge on any atom is 0.0280 e. The highest BCUT2D eigenvalue weighted by molar-refractivity contribution is 5.39. The Kier molecular flexibility index (Phi) is 9.84. The maximum atomic E-state index is 7.99. The lowest BCUT2D eigenvalue weighted by molar-refractivity contribution is 0.376. The first-order chi connectivity index (χ1) is 21.2. The third-order valence-electron chi connectivity index (χ3n) is 8.04. The first-order valence-corrected chi connectivity index (χ1v) is 14.8. The van der Waals surface area contributed by atoms with E-state index in [0.29, 0.717) is 11.1 Å². The van der Waals surface area contributed by atoms with E-state index in [1.165, 1.54) is 35.1 Å². The monoisotopic (exact) mass is 542 g/mol. The van der Waals surface area contributed by atoms with Crippen LogP contribution in [-0.2, 0) is 0 Å². The van der Waals surface area contributed by atoms with Crippen LogP contribution in [-0.4, -0.2) is 0 Å². The van der Waals surface area contributed by atoms with Gasteiger partial charge in [0.15, 0.2) is 0 Å². The topological polar surface area (TPSA) is 0 Å². The second-order valence-electron chi connectivity index (χ2n) is 12.7. The van der Waals surface area contributed by atoms with E-state index in [2.05, 4.69) is 41.5 Å². The minimum Gasteiger partial charge on any atom is -0.0696 e. The van der Waals surface area contributed by atoms with E-state index in [0.717, 1.165) is 36.8 Å². The van der Waals surface area contributed by atoms with Crippen molar-refractivity contribution in [2.75, 3.05) is 0 Å². The fourth-order valence-electron chi connectivity index (χ4n) is 5.61. The summed E-state index contributed by atoms with van der Waals surface area (Å²) in [4.78, 5) is 0. The Bertz CT molecular complexity index is 1310. The van der Waals surface area contributed by atoms with Crippen LogP contribution < -0.4 is 0 Å². The predicted molar refractivity (Wildman–Crippen MR) is 181 cm³/mol. The average Bonchev–Trinajstić information content (AvgIpc) is 2.91. The van der Waals surface area contributed by atoms with Crippen LogP contribution in [0.1, 0.15) is 116 Å². The summed E-state index contributed by atoms with van der Waals surface area (Å²) < 4.78 is 48.0. The van der Waals surface area contributed by atoms with E-state index in [4.69, 9.17) is 8.22 Å². The molecule has 0 nitrogen and oxygen atoms in total. The highest BCUT2D eigenvalue weighted by Gasteiger charge is 2.27. The molecule has 0 spiro atoms. The Labute approximate surface area is 256 Å². The molecule has 0 unspecified atom stereocenters. The Balaban J connectivity index is 2.11. The van der Waals surface area contributed by atoms with Gasteiger partial charge in [-0.25, -0.2) is 0 Å². The molecule has 0 atom stereocenters. The summed E-state index contributed by atoms with van der Waals surface area (Å²) in [6, 6.07) is 0. The maximum absolute atomic E-state index is 7.99. The minimum atomic E-state index is -2.19. The molecule has 0 bridgehead atoms. The molecular weight excluding hydrogens is 480 g/mol. The van der Waals surface area contributed by atoms with Gasteiger partial charge in [0.1, 0.15) is 0 Å². The third-order valence-corrected chi connectivity index (χ3v) is 8.04. The van der Waals surface area contributed by atoms with Gasteiger partial charge in [0.2, 0.25) is 0 Å². The van der Waals surface area contributed by atoms with Crippen molar-refractivity contribution in [2.24, 2.45) is 10.8 Å². The van der Waals surface area contributed by atoms with Crippen molar-refractivity contribution in [2.45, 2.75) is 108 Å². The molecular formula is C40H56. The molecule has 0 heteroatoms. The van der Waals surface area contributed by atoms with Crippen LogP contribution in [0.15, 0.2) is 130 Å². The molecule has 2 rings (SSSR count). The quantitative estimate of drug-likeness (QED) is 0.241. The first kappa shape index (κ1) is 24.9. The lowest BCUT2D eigenvalue weighted by Crippen LogP contribution is -2.19. The van der Waals surface area contributed by atoms with Crippen molar-refractivity contribution in [1.82, 2.24) is 0 Å². The van der Waals surface area contributed by atoms with E-state index in [1.54, 1.807) is 36.5 Å². The molecule has 0 amide bonds. The fourth-order valence-corrected chi connectivity index (χ4v) is 5.61. The molecule has 216 valence electrons. The van der Waals surface area contributed by atoms with Crippen molar-refractivity contribution in [1.29, 1.82) is 0 Å². The Morgan fingerprint density at radius 1 is 0.575 bits per heavy atom. The molecule has 0 aromatic heterocycles. The zero-order valence-electron chi connectivity index (χ0n) is 32.3. The van der Waals surface area contributed by atoms with Crippen LogP contribution in [0, 0.1) is 10.8 Å². The minimum absolute atomic E-state index is 0.0563. The first-order valence-electron chi connectivity index (χ1n) is 17.8. The Morgan fingerprint density at radius 3 is 1.30 bits per heavy atom. The lowest BCUT2D eigenvalue weighted by atomic mass is 9.72. The van der Waals surface area contributed by atoms with Gasteiger partial charge in [-0.2, -0.15) is 0 Å². The van der Waals surface area contributed by atoms with Crippen molar-refractivity contribution < 1.29 is 8.22 Å². The van der Waals surface area contributed by atoms with Crippen LogP contribution in [0.25, 0.3) is 0 Å². The third kappa shape index (κ3) is 11.3. The summed E-state index contributed by atoms with van der Waals surface area (Å²) in [6.07, 6.45) is 32.7. The van der Waals surface area contributed by atoms with Gasteiger partial charge >= 0.3 is 0 Å². The second-order valence-corrected chi connectivity index (χ2v) is 12.7. The molecule has 0 fully saturated rings. The zero-order chi connectivity index (χ0) is 34.8. The van der Waals surface area contributed by atoms with Gasteiger partial charge < -0.3 is 0 Å². The van der Waals surface area contributed by atoms with Crippen molar-refractivity contribution in [3.63, 3.8) is 0 Å². The highest BCUT2D eigenvalue weighted by atomic mass is 14.3. The molecule has 0 saturated carbocycles. The fraction of sp³-hybridized carbons (Fsp3) is 0.450. The van der Waals surface area contributed by atoms with Gasteiger partial charge in [-0.05, 0) is 102 Å². The molecule has 0 aromatic carbocycles. The average molecular weight is 543 g/mol. The molecule has 0 heterocycles. The largest absolute Gasteiger partial charge is 0.0696 e. The number of allylic oxidation sites excluding steroid dienone is 22. The second kappa shape index (κ2) is 15.8. The standard InChI is InChI=1S/C40H56/c1-31(19-13-21-33(3)25-27-37-35(5)23-15-29-39(37,7)8)17-11-12-18-32(2)20-14-22-34(4)26-28-38-36(6)24-16-30-40(38,9)10/h11-14,17-22,25-28H,15-16,23-24,29-30H2,1-10H3/b12-11+,19-13+,20-14+,27-25+,28-26+,31-17+,32-18+,33-21+,34-22+/i3D3,4D3. The predicted octanol–water partition coefficient (Wildman–Crippen LogP) is 12.6. The van der Waals surface area contributed by atoms with Crippen molar-refractivity contribution in [3.8, 4) is 0 Å². The van der Waals surface area contributed by atoms with Gasteiger partial charge in [-0.15, -0.1) is 0 Å². The van der Waals surface area contributed by atoms with Crippen LogP contribution in [0.4, 0.5) is 0 Å². The van der Waals surface area contributed by atoms with Gasteiger partial charge in [-0.3, -0.25) is 0 Å². The van der Waals surface area contributed by atoms with Gasteiger partial charge in [-0.1, -0.05) is 146 Å². The molecule has 0 N–H and O–H groups in total. The summed E-state index contributed by atoms with van der Waals surface area (Å²) >= 11 is 0. The van der Waals surface area contributed by atoms with Crippen LogP contribution >= 0.6 is 0 Å². The highest BCUT2D eigenvalue weighted by Crippen LogP contribution is 2.41. The summed E-state index contributed by atoms with van der Waals surface area (Å²) in [5.41, 5.74) is 7.89. The normalized spacial score (nSPS) is 24.8. The summed E-state index contributed by atoms with van der Waals surface area (Å²) in [5, 5.41) is 0. The van der Waals surface area contributed by atoms with Crippen LogP contribution in [0.5, 0.6) is 0 Å². The zero-order valence-corrected chi connectivity index (χ0v) is 26.3. The van der Waals surface area contributed by atoms with E-state index in [-0.39, 0.29) is 10.8 Å². The number of rotatable bonds is 10. The number of hydrogen-bond donors (Lipinski definition) is 0. The lowest BCUT2D eigenvalue weighted by Gasteiger charge is -2.33. The molecule has 2 aliphatic rings. The molecule has 0 saturated heterocycles. The summed E-state index contributed by atoms with van der Waals surface area (Å²) in [7, 11) is 0. The smallest absolute Gasteiger partial charge is 0.0280 e. The SMILES string of the molecule is [2H]C([2H])([2H])C(/C=C/C1=C(C)CCCC1(C)C)=C\C=C\C(C)=C\C=C\C=C(C)\C=C\C=C(\C=C\C1=C(C)CCCC1(C)C)C([2H])([2H])[2H]. The van der Waals surface area contributed by atoms with E-state index < -0.39 is 13.7 Å². The Hall–Kier alpha value is -2.86. The van der Waals surface area contributed by atoms with E-state index in [9.17, 15) is 0 Å². The summed E-state index contributed by atoms with van der Waals surface area (Å²) in [6.45, 7) is 12.8. The van der Waals surface area contributed by atoms with Gasteiger partial charge in [0.05, 0.1) is 0 Å². The molecule has 0 radical (unpaired) electrons. The summed E-state index contributed by atoms with van der Waals surface area (Å²) in [5.74, 6) is 0. The number of hydrogen-bond acceptors (Lipinski definition) is 0.